The number of cyclic esters (lactones) is 2. The summed E-state index contributed by atoms with van der Waals surface area (Å²) < 4.78 is 4.35. The molecule has 1 atom stereocenters. The van der Waals surface area contributed by atoms with Crippen molar-refractivity contribution in [1.29, 1.82) is 0 Å². The van der Waals surface area contributed by atoms with Gasteiger partial charge in [-0.1, -0.05) is 13.3 Å². The van der Waals surface area contributed by atoms with Gasteiger partial charge >= 0.3 is 11.9 Å². The lowest BCUT2D eigenvalue weighted by atomic mass is 10.0. The standard InChI is InChI=1S/C7H10O3/c1-2-3-5-4-6(8)10-7(5)9/h5H,2-4H2,1H3/t5-/m1/s1. The third-order valence-corrected chi connectivity index (χ3v) is 1.60. The number of esters is 2. The Morgan fingerprint density at radius 1 is 1.60 bits per heavy atom. The van der Waals surface area contributed by atoms with E-state index >= 15 is 0 Å². The summed E-state index contributed by atoms with van der Waals surface area (Å²) in [6, 6.07) is 0. The first-order chi connectivity index (χ1) is 4.74. The van der Waals surface area contributed by atoms with Crippen molar-refractivity contribution in [3.8, 4) is 0 Å². The third kappa shape index (κ3) is 1.35. The molecule has 1 fully saturated rings. The zero-order valence-corrected chi connectivity index (χ0v) is 5.92. The smallest absolute Gasteiger partial charge is 0.317 e. The molecule has 0 N–H and O–H groups in total. The summed E-state index contributed by atoms with van der Waals surface area (Å²) >= 11 is 0. The van der Waals surface area contributed by atoms with Crippen LogP contribution >= 0.6 is 0 Å². The summed E-state index contributed by atoms with van der Waals surface area (Å²) in [6.45, 7) is 1.98. The van der Waals surface area contributed by atoms with Crippen LogP contribution in [0.2, 0.25) is 0 Å². The molecule has 1 aliphatic rings. The molecule has 0 unspecified atom stereocenters. The van der Waals surface area contributed by atoms with Gasteiger partial charge in [0.05, 0.1) is 12.3 Å². The van der Waals surface area contributed by atoms with Crippen LogP contribution in [0.4, 0.5) is 0 Å². The van der Waals surface area contributed by atoms with Crippen LogP contribution in [0, 0.1) is 5.92 Å². The van der Waals surface area contributed by atoms with Gasteiger partial charge in [-0.3, -0.25) is 9.59 Å². The van der Waals surface area contributed by atoms with Gasteiger partial charge in [0.15, 0.2) is 0 Å². The molecule has 0 aliphatic carbocycles. The molecule has 0 aromatic heterocycles. The van der Waals surface area contributed by atoms with Crippen LogP contribution in [0.5, 0.6) is 0 Å². The van der Waals surface area contributed by atoms with E-state index in [0.29, 0.717) is 0 Å². The fraction of sp³-hybridized carbons (Fsp3) is 0.714. The second-order valence-corrected chi connectivity index (χ2v) is 2.48. The Morgan fingerprint density at radius 3 is 2.70 bits per heavy atom. The molecule has 3 nitrogen and oxygen atoms in total. The first kappa shape index (κ1) is 7.25. The van der Waals surface area contributed by atoms with Gasteiger partial charge in [0.2, 0.25) is 0 Å². The molecular formula is C7H10O3. The molecular weight excluding hydrogens is 132 g/mol. The summed E-state index contributed by atoms with van der Waals surface area (Å²) in [5, 5.41) is 0. The molecule has 0 amide bonds. The largest absolute Gasteiger partial charge is 0.393 e. The van der Waals surface area contributed by atoms with Crippen molar-refractivity contribution < 1.29 is 14.3 Å². The fourth-order valence-corrected chi connectivity index (χ4v) is 1.09. The zero-order valence-electron chi connectivity index (χ0n) is 5.92. The van der Waals surface area contributed by atoms with E-state index in [1.165, 1.54) is 0 Å². The minimum Gasteiger partial charge on any atom is -0.393 e. The van der Waals surface area contributed by atoms with Crippen molar-refractivity contribution in [3.05, 3.63) is 0 Å². The molecule has 0 saturated carbocycles. The molecule has 0 aromatic rings. The number of hydrogen-bond acceptors (Lipinski definition) is 3. The molecule has 3 heteroatoms. The van der Waals surface area contributed by atoms with E-state index in [2.05, 4.69) is 4.74 Å². The van der Waals surface area contributed by atoms with E-state index in [1.54, 1.807) is 0 Å². The number of carbonyl (C=O) groups is 2. The molecule has 0 spiro atoms. The van der Waals surface area contributed by atoms with Crippen molar-refractivity contribution >= 4 is 11.9 Å². The molecule has 0 bridgehead atoms. The number of hydrogen-bond donors (Lipinski definition) is 0. The lowest BCUT2D eigenvalue weighted by molar-refractivity contribution is -0.153. The number of ether oxygens (including phenoxy) is 1. The molecule has 1 heterocycles. The van der Waals surface area contributed by atoms with Crippen LogP contribution in [-0.2, 0) is 14.3 Å². The van der Waals surface area contributed by atoms with Gasteiger partial charge in [-0.2, -0.15) is 0 Å². The van der Waals surface area contributed by atoms with Crippen LogP contribution in [0.15, 0.2) is 0 Å². The van der Waals surface area contributed by atoms with Crippen molar-refractivity contribution in [3.63, 3.8) is 0 Å². The summed E-state index contributed by atoms with van der Waals surface area (Å²) in [4.78, 5) is 21.2. The Kier molecular flexibility index (Phi) is 2.04. The first-order valence-electron chi connectivity index (χ1n) is 3.48. The van der Waals surface area contributed by atoms with Crippen LogP contribution < -0.4 is 0 Å². The molecule has 1 aliphatic heterocycles. The lowest BCUT2D eigenvalue weighted by Crippen LogP contribution is -2.06. The Bertz CT molecular complexity index is 162. The quantitative estimate of drug-likeness (QED) is 0.424. The first-order valence-corrected chi connectivity index (χ1v) is 3.48. The molecule has 56 valence electrons. The minimum atomic E-state index is -0.372. The van der Waals surface area contributed by atoms with Crippen molar-refractivity contribution in [2.45, 2.75) is 26.2 Å². The van der Waals surface area contributed by atoms with Crippen LogP contribution in [-0.4, -0.2) is 11.9 Å². The van der Waals surface area contributed by atoms with Gasteiger partial charge in [-0.05, 0) is 6.42 Å². The Labute approximate surface area is 59.4 Å². The van der Waals surface area contributed by atoms with Gasteiger partial charge in [-0.15, -0.1) is 0 Å². The normalized spacial score (nSPS) is 25.1. The molecule has 1 saturated heterocycles. The van der Waals surface area contributed by atoms with Crippen molar-refractivity contribution in [2.75, 3.05) is 0 Å². The van der Waals surface area contributed by atoms with E-state index in [1.807, 2.05) is 6.92 Å². The highest BCUT2D eigenvalue weighted by atomic mass is 16.6. The SMILES string of the molecule is CCC[C@@H]1CC(=O)OC1=O. The summed E-state index contributed by atoms with van der Waals surface area (Å²) in [7, 11) is 0. The maximum Gasteiger partial charge on any atom is 0.317 e. The van der Waals surface area contributed by atoms with E-state index < -0.39 is 0 Å². The van der Waals surface area contributed by atoms with E-state index in [0.717, 1.165) is 12.8 Å². The maximum atomic E-state index is 10.7. The monoisotopic (exact) mass is 142 g/mol. The molecule has 1 rings (SSSR count). The van der Waals surface area contributed by atoms with Crippen LogP contribution in [0.1, 0.15) is 26.2 Å². The Morgan fingerprint density at radius 2 is 2.30 bits per heavy atom. The number of carbonyl (C=O) groups excluding carboxylic acids is 2. The Balaban J connectivity index is 2.46. The fourth-order valence-electron chi connectivity index (χ4n) is 1.09. The minimum absolute atomic E-state index is 0.155. The van der Waals surface area contributed by atoms with Gasteiger partial charge in [0.25, 0.3) is 0 Å². The topological polar surface area (TPSA) is 43.4 Å². The highest BCUT2D eigenvalue weighted by molar-refractivity contribution is 5.94. The van der Waals surface area contributed by atoms with Gasteiger partial charge in [-0.25, -0.2) is 0 Å². The van der Waals surface area contributed by atoms with E-state index in [-0.39, 0.29) is 24.3 Å². The molecule has 0 aromatic carbocycles. The van der Waals surface area contributed by atoms with Crippen LogP contribution in [0.25, 0.3) is 0 Å². The van der Waals surface area contributed by atoms with Gasteiger partial charge in [0.1, 0.15) is 0 Å². The molecule has 10 heavy (non-hydrogen) atoms. The second kappa shape index (κ2) is 2.82. The lowest BCUT2D eigenvalue weighted by Gasteiger charge is -1.97. The Hall–Kier alpha value is -0.860. The predicted octanol–water partition coefficient (Wildman–Crippen LogP) is 0.876. The summed E-state index contributed by atoms with van der Waals surface area (Å²) in [5.74, 6) is -0.868. The summed E-state index contributed by atoms with van der Waals surface area (Å²) in [6.07, 6.45) is 1.98. The highest BCUT2D eigenvalue weighted by Gasteiger charge is 2.32. The van der Waals surface area contributed by atoms with E-state index in [4.69, 9.17) is 0 Å². The second-order valence-electron chi connectivity index (χ2n) is 2.48. The molecule has 0 radical (unpaired) electrons. The average molecular weight is 142 g/mol. The number of rotatable bonds is 2. The van der Waals surface area contributed by atoms with Crippen molar-refractivity contribution in [2.24, 2.45) is 5.92 Å². The third-order valence-electron chi connectivity index (χ3n) is 1.60. The summed E-state index contributed by atoms with van der Waals surface area (Å²) in [5.41, 5.74) is 0. The highest BCUT2D eigenvalue weighted by Crippen LogP contribution is 2.20. The van der Waals surface area contributed by atoms with Crippen molar-refractivity contribution in [1.82, 2.24) is 0 Å². The maximum absolute atomic E-state index is 10.7. The van der Waals surface area contributed by atoms with Crippen LogP contribution in [0.3, 0.4) is 0 Å². The van der Waals surface area contributed by atoms with Gasteiger partial charge < -0.3 is 4.74 Å². The van der Waals surface area contributed by atoms with Gasteiger partial charge in [0, 0.05) is 0 Å². The average Bonchev–Trinajstić information content (AvgIpc) is 2.13. The van der Waals surface area contributed by atoms with E-state index in [9.17, 15) is 9.59 Å². The zero-order chi connectivity index (χ0) is 7.56. The predicted molar refractivity (Wildman–Crippen MR) is 34.1 cm³/mol.